The predicted molar refractivity (Wildman–Crippen MR) is 191 cm³/mol. The number of nitrogens with one attached hydrogen (secondary N) is 1. The number of benzene rings is 2. The molecular formula is C37H42F6N8O4. The summed E-state index contributed by atoms with van der Waals surface area (Å²) < 4.78 is 90.8. The van der Waals surface area contributed by atoms with E-state index in [9.17, 15) is 40.7 Å². The highest BCUT2D eigenvalue weighted by Gasteiger charge is 2.42. The van der Waals surface area contributed by atoms with Gasteiger partial charge in [-0.2, -0.15) is 26.3 Å². The summed E-state index contributed by atoms with van der Waals surface area (Å²) in [7, 11) is 2.05. The lowest BCUT2D eigenvalue weighted by molar-refractivity contribution is -0.143. The van der Waals surface area contributed by atoms with Gasteiger partial charge in [0.15, 0.2) is 6.10 Å². The van der Waals surface area contributed by atoms with Crippen LogP contribution in [0.4, 0.5) is 36.8 Å². The molecular weight excluding hydrogens is 734 g/mol. The molecule has 3 aliphatic rings. The van der Waals surface area contributed by atoms with Gasteiger partial charge in [-0.1, -0.05) is 18.2 Å². The summed E-state index contributed by atoms with van der Waals surface area (Å²) in [6.07, 6.45) is -9.65. The summed E-state index contributed by atoms with van der Waals surface area (Å²) >= 11 is 0. The number of anilines is 1. The molecule has 5 heterocycles. The number of imidazole rings is 1. The van der Waals surface area contributed by atoms with Gasteiger partial charge in [-0.3, -0.25) is 19.2 Å². The average Bonchev–Trinajstić information content (AvgIpc) is 3.50. The number of rotatable bonds is 6. The number of H-pyrrole nitrogens is 1. The molecule has 296 valence electrons. The topological polar surface area (TPSA) is 133 Å². The average molecular weight is 777 g/mol. The molecule has 55 heavy (non-hydrogen) atoms. The highest BCUT2D eigenvalue weighted by Crippen LogP contribution is 2.42. The smallest absolute Gasteiger partial charge is 0.418 e. The highest BCUT2D eigenvalue weighted by atomic mass is 19.4. The lowest BCUT2D eigenvalue weighted by Gasteiger charge is -2.42. The number of aromatic amines is 1. The summed E-state index contributed by atoms with van der Waals surface area (Å²) in [5.41, 5.74) is 1.60. The van der Waals surface area contributed by atoms with Gasteiger partial charge in [0.25, 0.3) is 5.91 Å². The van der Waals surface area contributed by atoms with Gasteiger partial charge >= 0.3 is 24.1 Å². The minimum absolute atomic E-state index is 0.109. The Bertz CT molecular complexity index is 2080. The first-order valence-electron chi connectivity index (χ1n) is 18.3. The number of piperidine rings is 2. The third-order valence-corrected chi connectivity index (χ3v) is 11.2. The molecule has 18 heteroatoms. The molecule has 2 amide bonds. The van der Waals surface area contributed by atoms with Gasteiger partial charge in [0.05, 0.1) is 39.6 Å². The number of nitrogens with zero attached hydrogens (tertiary/aromatic N) is 6. The van der Waals surface area contributed by atoms with Crippen LogP contribution in [0.1, 0.15) is 48.4 Å². The molecule has 4 aromatic rings. The zero-order chi connectivity index (χ0) is 39.2. The zero-order valence-electron chi connectivity index (χ0n) is 30.1. The summed E-state index contributed by atoms with van der Waals surface area (Å²) in [5, 5.41) is 0.779. The van der Waals surface area contributed by atoms with Crippen LogP contribution in [0.5, 0.6) is 0 Å². The Morgan fingerprint density at radius 3 is 2.09 bits per heavy atom. The fourth-order valence-electron chi connectivity index (χ4n) is 8.15. The number of ether oxygens (including phenoxy) is 1. The third-order valence-electron chi connectivity index (χ3n) is 11.2. The predicted octanol–water partition coefficient (Wildman–Crippen LogP) is 5.12. The molecule has 1 atom stereocenters. The standard InChI is InChI=1S/C37H42F6N8O4/c1-47-10-6-23(7-11-47)48-14-16-49(17-15-48)33(52)30(20-22-18-26(36(38,39)40)31(44)27(19-22)37(41,42)43)55-35(54)50-12-8-24(9-13-50)51-29-21-45-28-5-3-2-4-25(28)32(29)46-34(51)53/h2-5,18-19,21,23-24,30H,6-17,20,44H2,1H3,(H,46,53). The molecule has 3 N–H and O–H groups in total. The quantitative estimate of drug-likeness (QED) is 0.204. The Balaban J connectivity index is 1.09. The van der Waals surface area contributed by atoms with Crippen LogP contribution in [0, 0.1) is 0 Å². The maximum Gasteiger partial charge on any atom is 0.418 e. The van der Waals surface area contributed by atoms with Crippen molar-refractivity contribution in [2.45, 2.75) is 62.6 Å². The van der Waals surface area contributed by atoms with E-state index in [2.05, 4.69) is 26.8 Å². The number of carbonyl (C=O) groups excluding carboxylic acids is 2. The second kappa shape index (κ2) is 15.0. The van der Waals surface area contributed by atoms with Crippen molar-refractivity contribution in [3.05, 3.63) is 69.8 Å². The Kier molecular flexibility index (Phi) is 10.5. The molecule has 1 unspecified atom stereocenters. The number of likely N-dealkylation sites (tertiary alicyclic amines) is 2. The number of para-hydroxylation sites is 1. The van der Waals surface area contributed by atoms with Crippen molar-refractivity contribution in [3.8, 4) is 0 Å². The van der Waals surface area contributed by atoms with Gasteiger partial charge in [-0.15, -0.1) is 0 Å². The van der Waals surface area contributed by atoms with Gasteiger partial charge in [-0.05, 0) is 69.6 Å². The van der Waals surface area contributed by atoms with Crippen LogP contribution in [0.25, 0.3) is 21.9 Å². The van der Waals surface area contributed by atoms with Crippen LogP contribution in [-0.2, 0) is 28.3 Å². The van der Waals surface area contributed by atoms with Crippen LogP contribution >= 0.6 is 0 Å². The molecule has 2 aromatic carbocycles. The first-order valence-corrected chi connectivity index (χ1v) is 18.3. The lowest BCUT2D eigenvalue weighted by atomic mass is 9.97. The number of aromatic nitrogens is 3. The van der Waals surface area contributed by atoms with Crippen molar-refractivity contribution in [3.63, 3.8) is 0 Å². The number of pyridine rings is 1. The number of nitrogen functional groups attached to an aromatic ring is 1. The van der Waals surface area contributed by atoms with Crippen LogP contribution in [-0.4, -0.2) is 118 Å². The van der Waals surface area contributed by atoms with E-state index in [0.717, 1.165) is 31.3 Å². The summed E-state index contributed by atoms with van der Waals surface area (Å²) in [5.74, 6) is -0.713. The first-order chi connectivity index (χ1) is 26.1. The van der Waals surface area contributed by atoms with E-state index in [4.69, 9.17) is 10.5 Å². The fraction of sp³-hybridized carbons (Fsp3) is 0.514. The third kappa shape index (κ3) is 7.97. The highest BCUT2D eigenvalue weighted by molar-refractivity contribution is 6.01. The van der Waals surface area contributed by atoms with E-state index in [0.29, 0.717) is 60.7 Å². The number of hydrogen-bond donors (Lipinski definition) is 2. The maximum absolute atomic E-state index is 14.0. The van der Waals surface area contributed by atoms with E-state index in [1.165, 1.54) is 9.80 Å². The largest absolute Gasteiger partial charge is 0.436 e. The number of nitrogens with two attached hydrogens (primary N) is 1. The second-order valence-electron chi connectivity index (χ2n) is 14.6. The van der Waals surface area contributed by atoms with Crippen molar-refractivity contribution in [1.82, 2.24) is 34.1 Å². The Morgan fingerprint density at radius 1 is 0.873 bits per heavy atom. The minimum atomic E-state index is -5.22. The monoisotopic (exact) mass is 776 g/mol. The van der Waals surface area contributed by atoms with Crippen LogP contribution < -0.4 is 11.4 Å². The Hall–Kier alpha value is -4.84. The molecule has 0 spiro atoms. The van der Waals surface area contributed by atoms with E-state index in [-0.39, 0.29) is 37.9 Å². The van der Waals surface area contributed by atoms with E-state index in [1.807, 2.05) is 24.3 Å². The van der Waals surface area contributed by atoms with Crippen LogP contribution in [0.15, 0.2) is 47.4 Å². The molecule has 3 saturated heterocycles. The fourth-order valence-corrected chi connectivity index (χ4v) is 8.15. The molecule has 0 radical (unpaired) electrons. The Morgan fingerprint density at radius 2 is 1.47 bits per heavy atom. The molecule has 0 bridgehead atoms. The SMILES string of the molecule is CN1CCC(N2CCN(C(=O)C(Cc3cc(C(F)(F)F)c(N)c(C(F)(F)F)c3)OC(=O)N3CCC(n4c(=O)[nH]c5c6ccccc6ncc54)CC3)CC2)CC1. The molecule has 3 aliphatic heterocycles. The van der Waals surface area contributed by atoms with Crippen molar-refractivity contribution >= 4 is 39.6 Å². The first kappa shape index (κ1) is 38.4. The number of piperazine rings is 1. The molecule has 7 rings (SSSR count). The van der Waals surface area contributed by atoms with Gasteiger partial charge in [0, 0.05) is 63.2 Å². The van der Waals surface area contributed by atoms with Crippen molar-refractivity contribution < 1.29 is 40.7 Å². The van der Waals surface area contributed by atoms with Crippen LogP contribution in [0.2, 0.25) is 0 Å². The van der Waals surface area contributed by atoms with Gasteiger partial charge in [-0.25, -0.2) is 9.59 Å². The minimum Gasteiger partial charge on any atom is -0.436 e. The number of alkyl halides is 6. The van der Waals surface area contributed by atoms with E-state index in [1.54, 1.807) is 10.8 Å². The summed E-state index contributed by atoms with van der Waals surface area (Å²) in [6.45, 7) is 3.63. The molecule has 0 saturated carbocycles. The second-order valence-corrected chi connectivity index (χ2v) is 14.6. The zero-order valence-corrected chi connectivity index (χ0v) is 30.1. The number of hydrogen-bond acceptors (Lipinski definition) is 8. The normalized spacial score (nSPS) is 19.3. The number of carbonyl (C=O) groups is 2. The molecule has 0 aliphatic carbocycles. The van der Waals surface area contributed by atoms with Crippen molar-refractivity contribution in [2.75, 3.05) is 65.1 Å². The van der Waals surface area contributed by atoms with E-state index < -0.39 is 59.3 Å². The summed E-state index contributed by atoms with van der Waals surface area (Å²) in [4.78, 5) is 55.5. The molecule has 3 fully saturated rings. The number of amides is 2. The number of fused-ring (bicyclic) bond motifs is 3. The Labute approximate surface area is 311 Å². The number of halogens is 6. The van der Waals surface area contributed by atoms with E-state index >= 15 is 0 Å². The molecule has 12 nitrogen and oxygen atoms in total. The summed E-state index contributed by atoms with van der Waals surface area (Å²) in [6, 6.07) is 8.33. The van der Waals surface area contributed by atoms with Gasteiger partial charge in [0.1, 0.15) is 0 Å². The van der Waals surface area contributed by atoms with Gasteiger partial charge in [0.2, 0.25) is 0 Å². The van der Waals surface area contributed by atoms with Gasteiger partial charge < -0.3 is 30.2 Å². The van der Waals surface area contributed by atoms with Crippen molar-refractivity contribution in [1.29, 1.82) is 0 Å². The van der Waals surface area contributed by atoms with Crippen LogP contribution in [0.3, 0.4) is 0 Å². The van der Waals surface area contributed by atoms with Crippen molar-refractivity contribution in [2.24, 2.45) is 0 Å². The lowest BCUT2D eigenvalue weighted by Crippen LogP contribution is -2.56. The molecule has 2 aromatic heterocycles. The maximum atomic E-state index is 14.0.